The van der Waals surface area contributed by atoms with Crippen molar-refractivity contribution in [3.05, 3.63) is 29.8 Å². The van der Waals surface area contributed by atoms with Gasteiger partial charge in [0, 0.05) is 11.7 Å². The second-order valence-electron chi connectivity index (χ2n) is 3.37. The molecule has 0 aliphatic heterocycles. The van der Waals surface area contributed by atoms with Crippen molar-refractivity contribution in [3.63, 3.8) is 0 Å². The van der Waals surface area contributed by atoms with Gasteiger partial charge in [-0.1, -0.05) is 0 Å². The van der Waals surface area contributed by atoms with Gasteiger partial charge in [-0.2, -0.15) is 0 Å². The smallest absolute Gasteiger partial charge is 0.337 e. The van der Waals surface area contributed by atoms with Crippen molar-refractivity contribution >= 4 is 11.7 Å². The fourth-order valence-corrected chi connectivity index (χ4v) is 1.15. The van der Waals surface area contributed by atoms with Gasteiger partial charge in [0.05, 0.1) is 12.7 Å². The number of benzene rings is 1. The summed E-state index contributed by atoms with van der Waals surface area (Å²) in [6.45, 7) is 4.13. The number of carbonyl (C=O) groups is 1. The molecule has 0 spiro atoms. The number of anilines is 1. The van der Waals surface area contributed by atoms with E-state index >= 15 is 0 Å². The molecule has 0 atom stereocenters. The zero-order valence-corrected chi connectivity index (χ0v) is 8.70. The molecule has 0 aromatic heterocycles. The fraction of sp³-hybridized carbons (Fsp3) is 0.364. The first-order chi connectivity index (χ1) is 6.63. The first-order valence-electron chi connectivity index (χ1n) is 4.58. The minimum absolute atomic E-state index is 0.305. The molecule has 0 aliphatic carbocycles. The molecule has 0 saturated heterocycles. The molecule has 3 heteroatoms. The van der Waals surface area contributed by atoms with Gasteiger partial charge in [-0.25, -0.2) is 4.79 Å². The van der Waals surface area contributed by atoms with Crippen molar-refractivity contribution in [2.24, 2.45) is 0 Å². The van der Waals surface area contributed by atoms with Gasteiger partial charge in [0.25, 0.3) is 0 Å². The maximum atomic E-state index is 11.1. The summed E-state index contributed by atoms with van der Waals surface area (Å²) in [5.74, 6) is -0.305. The standard InChI is InChI=1S/C11H15NO2/c1-8(2)12-10-6-4-9(5-7-10)11(13)14-3/h4-8,12H,1-3H3. The molecule has 14 heavy (non-hydrogen) atoms. The van der Waals surface area contributed by atoms with E-state index in [0.29, 0.717) is 11.6 Å². The van der Waals surface area contributed by atoms with Gasteiger partial charge in [-0.3, -0.25) is 0 Å². The Morgan fingerprint density at radius 1 is 1.29 bits per heavy atom. The third-order valence-corrected chi connectivity index (χ3v) is 1.76. The first-order valence-corrected chi connectivity index (χ1v) is 4.58. The van der Waals surface area contributed by atoms with E-state index in [1.165, 1.54) is 7.11 Å². The number of hydrogen-bond acceptors (Lipinski definition) is 3. The lowest BCUT2D eigenvalue weighted by Crippen LogP contribution is -2.09. The van der Waals surface area contributed by atoms with E-state index in [-0.39, 0.29) is 5.97 Å². The molecule has 1 aromatic carbocycles. The second-order valence-corrected chi connectivity index (χ2v) is 3.37. The van der Waals surface area contributed by atoms with Crippen LogP contribution in [0.15, 0.2) is 24.3 Å². The molecule has 0 bridgehead atoms. The van der Waals surface area contributed by atoms with Gasteiger partial charge in [-0.15, -0.1) is 0 Å². The van der Waals surface area contributed by atoms with E-state index in [2.05, 4.69) is 23.9 Å². The Kier molecular flexibility index (Phi) is 3.51. The van der Waals surface area contributed by atoms with Crippen LogP contribution in [0.5, 0.6) is 0 Å². The van der Waals surface area contributed by atoms with Crippen molar-refractivity contribution in [2.75, 3.05) is 12.4 Å². The van der Waals surface area contributed by atoms with Crippen LogP contribution in [0, 0.1) is 0 Å². The van der Waals surface area contributed by atoms with Crippen molar-refractivity contribution in [1.82, 2.24) is 0 Å². The van der Waals surface area contributed by atoms with Crippen LogP contribution in [0.4, 0.5) is 5.69 Å². The predicted octanol–water partition coefficient (Wildman–Crippen LogP) is 2.29. The number of nitrogens with one attached hydrogen (secondary N) is 1. The van der Waals surface area contributed by atoms with Crippen molar-refractivity contribution in [3.8, 4) is 0 Å². The first kappa shape index (κ1) is 10.6. The highest BCUT2D eigenvalue weighted by Gasteiger charge is 2.04. The molecule has 0 radical (unpaired) electrons. The largest absolute Gasteiger partial charge is 0.465 e. The van der Waals surface area contributed by atoms with Gasteiger partial charge in [-0.05, 0) is 38.1 Å². The second kappa shape index (κ2) is 4.65. The quantitative estimate of drug-likeness (QED) is 0.748. The van der Waals surface area contributed by atoms with Crippen LogP contribution >= 0.6 is 0 Å². The summed E-state index contributed by atoms with van der Waals surface area (Å²) >= 11 is 0. The molecule has 0 heterocycles. The Balaban J connectivity index is 2.73. The molecular weight excluding hydrogens is 178 g/mol. The van der Waals surface area contributed by atoms with E-state index < -0.39 is 0 Å². The molecule has 0 unspecified atom stereocenters. The average Bonchev–Trinajstić information content (AvgIpc) is 2.17. The van der Waals surface area contributed by atoms with Crippen molar-refractivity contribution in [2.45, 2.75) is 19.9 Å². The number of esters is 1. The van der Waals surface area contributed by atoms with Gasteiger partial charge >= 0.3 is 5.97 Å². The molecule has 1 rings (SSSR count). The monoisotopic (exact) mass is 193 g/mol. The summed E-state index contributed by atoms with van der Waals surface area (Å²) in [6.07, 6.45) is 0. The fourth-order valence-electron chi connectivity index (χ4n) is 1.15. The maximum absolute atomic E-state index is 11.1. The van der Waals surface area contributed by atoms with Gasteiger partial charge in [0.15, 0.2) is 0 Å². The van der Waals surface area contributed by atoms with Crippen LogP contribution in [0.2, 0.25) is 0 Å². The summed E-state index contributed by atoms with van der Waals surface area (Å²) < 4.78 is 4.60. The lowest BCUT2D eigenvalue weighted by atomic mass is 10.2. The number of hydrogen-bond donors (Lipinski definition) is 1. The van der Waals surface area contributed by atoms with Gasteiger partial charge in [0.2, 0.25) is 0 Å². The Bertz CT molecular complexity index is 304. The highest BCUT2D eigenvalue weighted by atomic mass is 16.5. The number of rotatable bonds is 3. The molecule has 0 saturated carbocycles. The lowest BCUT2D eigenvalue weighted by molar-refractivity contribution is 0.0601. The van der Waals surface area contributed by atoms with Crippen LogP contribution in [0.25, 0.3) is 0 Å². The number of carbonyl (C=O) groups excluding carboxylic acids is 1. The molecule has 3 nitrogen and oxygen atoms in total. The normalized spacial score (nSPS) is 10.0. The van der Waals surface area contributed by atoms with Crippen LogP contribution < -0.4 is 5.32 Å². The van der Waals surface area contributed by atoms with E-state index in [9.17, 15) is 4.79 Å². The molecule has 0 amide bonds. The summed E-state index contributed by atoms with van der Waals surface area (Å²) in [6, 6.07) is 7.62. The Morgan fingerprint density at radius 2 is 1.86 bits per heavy atom. The topological polar surface area (TPSA) is 38.3 Å². The zero-order chi connectivity index (χ0) is 10.6. The molecule has 76 valence electrons. The van der Waals surface area contributed by atoms with E-state index in [0.717, 1.165) is 5.69 Å². The van der Waals surface area contributed by atoms with Crippen LogP contribution in [0.1, 0.15) is 24.2 Å². The van der Waals surface area contributed by atoms with Gasteiger partial charge in [0.1, 0.15) is 0 Å². The maximum Gasteiger partial charge on any atom is 0.337 e. The van der Waals surface area contributed by atoms with E-state index in [1.807, 2.05) is 12.1 Å². The average molecular weight is 193 g/mol. The Hall–Kier alpha value is -1.51. The summed E-state index contributed by atoms with van der Waals surface area (Å²) in [5, 5.41) is 3.24. The third kappa shape index (κ3) is 2.76. The van der Waals surface area contributed by atoms with Gasteiger partial charge < -0.3 is 10.1 Å². The third-order valence-electron chi connectivity index (χ3n) is 1.76. The minimum atomic E-state index is -0.305. The Labute approximate surface area is 84.1 Å². The van der Waals surface area contributed by atoms with Crippen LogP contribution in [-0.4, -0.2) is 19.1 Å². The van der Waals surface area contributed by atoms with E-state index in [1.54, 1.807) is 12.1 Å². The van der Waals surface area contributed by atoms with Crippen molar-refractivity contribution in [1.29, 1.82) is 0 Å². The summed E-state index contributed by atoms with van der Waals surface area (Å²) in [5.41, 5.74) is 1.58. The molecule has 0 fully saturated rings. The molecular formula is C11H15NO2. The number of methoxy groups -OCH3 is 1. The lowest BCUT2D eigenvalue weighted by Gasteiger charge is -2.09. The highest BCUT2D eigenvalue weighted by molar-refractivity contribution is 5.89. The van der Waals surface area contributed by atoms with Crippen LogP contribution in [0.3, 0.4) is 0 Å². The minimum Gasteiger partial charge on any atom is -0.465 e. The molecule has 1 aromatic rings. The SMILES string of the molecule is COC(=O)c1ccc(NC(C)C)cc1. The highest BCUT2D eigenvalue weighted by Crippen LogP contribution is 2.11. The van der Waals surface area contributed by atoms with E-state index in [4.69, 9.17) is 0 Å². The van der Waals surface area contributed by atoms with Crippen molar-refractivity contribution < 1.29 is 9.53 Å². The Morgan fingerprint density at radius 3 is 2.29 bits per heavy atom. The molecule has 1 N–H and O–H groups in total. The zero-order valence-electron chi connectivity index (χ0n) is 8.70. The van der Waals surface area contributed by atoms with Crippen LogP contribution in [-0.2, 0) is 4.74 Å². The number of ether oxygens (including phenoxy) is 1. The predicted molar refractivity (Wildman–Crippen MR) is 56.5 cm³/mol. The summed E-state index contributed by atoms with van der Waals surface area (Å²) in [7, 11) is 1.38. The molecule has 0 aliphatic rings. The summed E-state index contributed by atoms with van der Waals surface area (Å²) in [4.78, 5) is 11.1.